The normalized spacial score (nSPS) is 16.5. The quantitative estimate of drug-likeness (QED) is 0.779. The maximum Gasteiger partial charge on any atom is 0.254 e. The molecule has 0 radical (unpaired) electrons. The summed E-state index contributed by atoms with van der Waals surface area (Å²) in [5.41, 5.74) is 2.10. The molecule has 2 aromatic rings. The van der Waals surface area contributed by atoms with Crippen LogP contribution in [0.5, 0.6) is 0 Å². The van der Waals surface area contributed by atoms with E-state index in [9.17, 15) is 14.4 Å². The summed E-state index contributed by atoms with van der Waals surface area (Å²) >= 11 is 0. The van der Waals surface area contributed by atoms with Crippen molar-refractivity contribution in [2.24, 2.45) is 0 Å². The Labute approximate surface area is 144 Å². The highest BCUT2D eigenvalue weighted by atomic mass is 16.2. The smallest absolute Gasteiger partial charge is 0.254 e. The number of fused-ring (bicyclic) bond motifs is 1. The molecule has 0 bridgehead atoms. The molecule has 8 nitrogen and oxygen atoms in total. The van der Waals surface area contributed by atoms with E-state index in [1.165, 1.54) is 0 Å². The second-order valence-electron chi connectivity index (χ2n) is 5.80. The Morgan fingerprint density at radius 2 is 2.08 bits per heavy atom. The van der Waals surface area contributed by atoms with Crippen LogP contribution in [0.1, 0.15) is 29.4 Å². The van der Waals surface area contributed by atoms with E-state index in [2.05, 4.69) is 21.0 Å². The predicted molar refractivity (Wildman–Crippen MR) is 92.2 cm³/mol. The Hall–Kier alpha value is -3.16. The van der Waals surface area contributed by atoms with E-state index in [4.69, 9.17) is 0 Å². The second-order valence-corrected chi connectivity index (χ2v) is 5.80. The average molecular weight is 341 g/mol. The van der Waals surface area contributed by atoms with Gasteiger partial charge < -0.3 is 16.0 Å². The molecule has 3 rings (SSSR count). The van der Waals surface area contributed by atoms with Crippen molar-refractivity contribution < 1.29 is 14.4 Å². The third-order valence-electron chi connectivity index (χ3n) is 3.99. The van der Waals surface area contributed by atoms with Gasteiger partial charge in [-0.15, -0.1) is 0 Å². The number of hydrogen-bond acceptors (Lipinski definition) is 4. The predicted octanol–water partition coefficient (Wildman–Crippen LogP) is 1.29. The first-order valence-corrected chi connectivity index (χ1v) is 8.02. The van der Waals surface area contributed by atoms with Crippen LogP contribution in [-0.2, 0) is 16.1 Å². The van der Waals surface area contributed by atoms with Gasteiger partial charge in [0.2, 0.25) is 11.8 Å². The standard InChI is InChI=1S/C17H19N5O3/c1-3-22-9-14(10(2)21-22)18-15(23)8-13-17(25)19-12-7-5-4-6-11(12)16(24)20-13/h4-7,9,13H,3,8H2,1-2H3,(H,18,23)(H,19,25)(H,20,24)/t13-/m1/s1. The van der Waals surface area contributed by atoms with Gasteiger partial charge in [-0.25, -0.2) is 0 Å². The minimum Gasteiger partial charge on any atom is -0.340 e. The highest BCUT2D eigenvalue weighted by Crippen LogP contribution is 2.19. The number of hydrogen-bond donors (Lipinski definition) is 3. The van der Waals surface area contributed by atoms with Crippen molar-refractivity contribution in [3.05, 3.63) is 41.7 Å². The van der Waals surface area contributed by atoms with Gasteiger partial charge in [0.25, 0.3) is 5.91 Å². The van der Waals surface area contributed by atoms with Crippen LogP contribution >= 0.6 is 0 Å². The fourth-order valence-corrected chi connectivity index (χ4v) is 2.64. The van der Waals surface area contributed by atoms with Crippen molar-refractivity contribution in [2.45, 2.75) is 32.9 Å². The largest absolute Gasteiger partial charge is 0.340 e. The molecule has 8 heteroatoms. The van der Waals surface area contributed by atoms with Gasteiger partial charge in [-0.2, -0.15) is 5.10 Å². The minimum atomic E-state index is -0.943. The van der Waals surface area contributed by atoms with Crippen LogP contribution in [0.2, 0.25) is 0 Å². The summed E-state index contributed by atoms with van der Waals surface area (Å²) in [6.45, 7) is 4.43. The Morgan fingerprint density at radius 1 is 1.32 bits per heavy atom. The Balaban J connectivity index is 1.70. The summed E-state index contributed by atoms with van der Waals surface area (Å²) in [6, 6.07) is 5.77. The number of anilines is 2. The Kier molecular flexibility index (Phi) is 4.51. The van der Waals surface area contributed by atoms with Crippen LogP contribution in [0.4, 0.5) is 11.4 Å². The number of carbonyl (C=O) groups excluding carboxylic acids is 3. The van der Waals surface area contributed by atoms with Crippen molar-refractivity contribution in [3.8, 4) is 0 Å². The minimum absolute atomic E-state index is 0.164. The molecule has 0 unspecified atom stereocenters. The highest BCUT2D eigenvalue weighted by Gasteiger charge is 2.29. The van der Waals surface area contributed by atoms with Gasteiger partial charge >= 0.3 is 0 Å². The number of benzene rings is 1. The molecular formula is C17H19N5O3. The van der Waals surface area contributed by atoms with E-state index < -0.39 is 11.9 Å². The molecule has 2 heterocycles. The summed E-state index contributed by atoms with van der Waals surface area (Å²) in [7, 11) is 0. The van der Waals surface area contributed by atoms with Gasteiger partial charge in [0.15, 0.2) is 0 Å². The van der Waals surface area contributed by atoms with Crippen LogP contribution in [0.25, 0.3) is 0 Å². The number of aryl methyl sites for hydroxylation is 2. The van der Waals surface area contributed by atoms with Crippen molar-refractivity contribution in [1.29, 1.82) is 0 Å². The fourth-order valence-electron chi connectivity index (χ4n) is 2.64. The summed E-state index contributed by atoms with van der Waals surface area (Å²) < 4.78 is 1.71. The zero-order chi connectivity index (χ0) is 18.0. The molecule has 1 aliphatic heterocycles. The SMILES string of the molecule is CCn1cc(NC(=O)C[C@H]2NC(=O)c3ccccc3NC2=O)c(C)n1. The maximum atomic E-state index is 12.3. The fraction of sp³-hybridized carbons (Fsp3) is 0.294. The van der Waals surface area contributed by atoms with Crippen molar-refractivity contribution in [3.63, 3.8) is 0 Å². The average Bonchev–Trinajstić information content (AvgIpc) is 2.88. The zero-order valence-corrected chi connectivity index (χ0v) is 14.0. The Bertz CT molecular complexity index is 843. The monoisotopic (exact) mass is 341 g/mol. The molecule has 25 heavy (non-hydrogen) atoms. The highest BCUT2D eigenvalue weighted by molar-refractivity contribution is 6.11. The lowest BCUT2D eigenvalue weighted by Crippen LogP contribution is -2.43. The lowest BCUT2D eigenvalue weighted by Gasteiger charge is -2.14. The molecule has 3 N–H and O–H groups in total. The number of para-hydroxylation sites is 1. The topological polar surface area (TPSA) is 105 Å². The molecular weight excluding hydrogens is 322 g/mol. The van der Waals surface area contributed by atoms with Crippen LogP contribution < -0.4 is 16.0 Å². The van der Waals surface area contributed by atoms with E-state index in [-0.39, 0.29) is 18.2 Å². The number of amides is 3. The molecule has 1 aromatic carbocycles. The molecule has 0 fully saturated rings. The number of nitrogens with one attached hydrogen (secondary N) is 3. The molecule has 130 valence electrons. The third kappa shape index (κ3) is 3.52. The summed E-state index contributed by atoms with van der Waals surface area (Å²) in [5, 5.41) is 12.3. The first kappa shape index (κ1) is 16.7. The number of aromatic nitrogens is 2. The van der Waals surface area contributed by atoms with Crippen LogP contribution in [0.3, 0.4) is 0 Å². The number of rotatable bonds is 4. The summed E-state index contributed by atoms with van der Waals surface area (Å²) in [6.07, 6.45) is 1.57. The van der Waals surface area contributed by atoms with E-state index in [1.54, 1.807) is 42.1 Å². The second kappa shape index (κ2) is 6.76. The van der Waals surface area contributed by atoms with Gasteiger partial charge in [0.05, 0.1) is 29.1 Å². The van der Waals surface area contributed by atoms with E-state index in [1.807, 2.05) is 6.92 Å². The van der Waals surface area contributed by atoms with Gasteiger partial charge in [0.1, 0.15) is 6.04 Å². The van der Waals surface area contributed by atoms with Crippen LogP contribution in [0.15, 0.2) is 30.5 Å². The molecule has 3 amide bonds. The lowest BCUT2D eigenvalue weighted by molar-refractivity contribution is -0.122. The molecule has 0 spiro atoms. The van der Waals surface area contributed by atoms with Gasteiger partial charge in [0, 0.05) is 12.7 Å². The van der Waals surface area contributed by atoms with Crippen molar-refractivity contribution in [2.75, 3.05) is 10.6 Å². The van der Waals surface area contributed by atoms with E-state index in [0.29, 0.717) is 29.2 Å². The first-order valence-electron chi connectivity index (χ1n) is 8.02. The van der Waals surface area contributed by atoms with Crippen molar-refractivity contribution in [1.82, 2.24) is 15.1 Å². The van der Waals surface area contributed by atoms with E-state index in [0.717, 1.165) is 0 Å². The molecule has 0 saturated heterocycles. The van der Waals surface area contributed by atoms with Gasteiger partial charge in [-0.3, -0.25) is 19.1 Å². The number of carbonyl (C=O) groups is 3. The van der Waals surface area contributed by atoms with Gasteiger partial charge in [-0.1, -0.05) is 12.1 Å². The van der Waals surface area contributed by atoms with Crippen molar-refractivity contribution >= 4 is 29.1 Å². The van der Waals surface area contributed by atoms with E-state index >= 15 is 0 Å². The van der Waals surface area contributed by atoms with Crippen LogP contribution in [-0.4, -0.2) is 33.5 Å². The lowest BCUT2D eigenvalue weighted by atomic mass is 10.1. The molecule has 0 saturated carbocycles. The van der Waals surface area contributed by atoms with Gasteiger partial charge in [-0.05, 0) is 26.0 Å². The molecule has 1 atom stereocenters. The molecule has 1 aliphatic rings. The third-order valence-corrected chi connectivity index (χ3v) is 3.99. The molecule has 0 aliphatic carbocycles. The van der Waals surface area contributed by atoms with Crippen LogP contribution in [0, 0.1) is 6.92 Å². The first-order chi connectivity index (χ1) is 12.0. The number of nitrogens with zero attached hydrogens (tertiary/aromatic N) is 2. The zero-order valence-electron chi connectivity index (χ0n) is 14.0. The summed E-state index contributed by atoms with van der Waals surface area (Å²) in [5.74, 6) is -1.18. The summed E-state index contributed by atoms with van der Waals surface area (Å²) in [4.78, 5) is 36.8. The Morgan fingerprint density at radius 3 is 2.80 bits per heavy atom. The molecule has 1 aromatic heterocycles. The maximum absolute atomic E-state index is 12.3.